The molecule has 4 nitrogen and oxygen atoms in total. The second kappa shape index (κ2) is 18.2. The van der Waals surface area contributed by atoms with Gasteiger partial charge in [-0.1, -0.05) is 95.8 Å². The molecule has 3 unspecified atom stereocenters. The first-order valence-electron chi connectivity index (χ1n) is 20.6. The molecule has 3 saturated carbocycles. The summed E-state index contributed by atoms with van der Waals surface area (Å²) in [5, 5.41) is 18.6. The fraction of sp³-hybridized carbons (Fsp3) is 0.822. The maximum absolute atomic E-state index is 11.2. The first-order valence-corrected chi connectivity index (χ1v) is 20.6. The van der Waals surface area contributed by atoms with Gasteiger partial charge in [0.15, 0.2) is 0 Å². The number of allylic oxidation sites excluding steroid dienone is 6. The van der Waals surface area contributed by atoms with Crippen LogP contribution in [0.1, 0.15) is 139 Å². The van der Waals surface area contributed by atoms with E-state index in [1.807, 2.05) is 6.92 Å². The van der Waals surface area contributed by atoms with Gasteiger partial charge in [0, 0.05) is 12.5 Å². The maximum atomic E-state index is 11.2. The van der Waals surface area contributed by atoms with Crippen LogP contribution in [0.5, 0.6) is 0 Å². The molecule has 2 N–H and O–H groups in total. The number of hydrogen-bond donors (Lipinski definition) is 2. The Kier molecular flexibility index (Phi) is 14.9. The zero-order valence-corrected chi connectivity index (χ0v) is 32.9. The largest absolute Gasteiger partial charge is 0.481 e. The molecule has 15 atom stereocenters. The number of aldehydes is 1. The van der Waals surface area contributed by atoms with Crippen LogP contribution in [0.2, 0.25) is 0 Å². The number of aliphatic carboxylic acids is 1. The Bertz CT molecular complexity index is 1180. The van der Waals surface area contributed by atoms with E-state index >= 15 is 0 Å². The summed E-state index contributed by atoms with van der Waals surface area (Å²) in [7, 11) is 0. The van der Waals surface area contributed by atoms with Gasteiger partial charge in [-0.25, -0.2) is 0 Å². The quantitative estimate of drug-likeness (QED) is 0.217. The molecule has 0 bridgehead atoms. The third kappa shape index (κ3) is 9.81. The summed E-state index contributed by atoms with van der Waals surface area (Å²) in [5.74, 6) is 8.46. The van der Waals surface area contributed by atoms with Gasteiger partial charge in [0.25, 0.3) is 0 Å². The molecular weight excluding hydrogens is 604 g/mol. The molecule has 0 spiro atoms. The zero-order valence-electron chi connectivity index (χ0n) is 32.9. The molecule has 6 aliphatic carbocycles. The van der Waals surface area contributed by atoms with Gasteiger partial charge in [-0.05, 0) is 155 Å². The van der Waals surface area contributed by atoms with E-state index in [1.165, 1.54) is 76.2 Å². The van der Waals surface area contributed by atoms with Crippen LogP contribution in [0.4, 0.5) is 0 Å². The number of carbonyl (C=O) groups excluding carboxylic acids is 1. The second-order valence-electron chi connectivity index (χ2n) is 18.3. The highest BCUT2D eigenvalue weighted by Crippen LogP contribution is 2.50. The van der Waals surface area contributed by atoms with Gasteiger partial charge in [0.2, 0.25) is 0 Å². The van der Waals surface area contributed by atoms with Crippen molar-refractivity contribution in [2.24, 2.45) is 88.8 Å². The molecule has 0 aromatic heterocycles. The molecule has 0 aliphatic heterocycles. The first-order chi connectivity index (χ1) is 23.3. The Morgan fingerprint density at radius 3 is 1.41 bits per heavy atom. The van der Waals surface area contributed by atoms with Gasteiger partial charge in [0.05, 0.1) is 5.92 Å². The molecule has 0 aromatic rings. The van der Waals surface area contributed by atoms with Gasteiger partial charge in [-0.15, -0.1) is 0 Å². The van der Waals surface area contributed by atoms with E-state index in [1.54, 1.807) is 11.1 Å². The number of carboxylic acid groups (broad SMARTS) is 1. The minimum absolute atomic E-state index is 0.197. The Labute approximate surface area is 301 Å². The summed E-state index contributed by atoms with van der Waals surface area (Å²) in [5.41, 5.74) is 4.58. The van der Waals surface area contributed by atoms with Crippen LogP contribution in [0.15, 0.2) is 34.9 Å². The highest BCUT2D eigenvalue weighted by atomic mass is 16.4. The third-order valence-electron chi connectivity index (χ3n) is 15.0. The Morgan fingerprint density at radius 1 is 0.653 bits per heavy atom. The van der Waals surface area contributed by atoms with Crippen molar-refractivity contribution in [2.45, 2.75) is 139 Å². The number of hydrogen-bond acceptors (Lipinski definition) is 3. The molecule has 3 fully saturated rings. The maximum Gasteiger partial charge on any atom is 0.306 e. The molecule has 49 heavy (non-hydrogen) atoms. The van der Waals surface area contributed by atoms with E-state index in [-0.39, 0.29) is 11.8 Å². The van der Waals surface area contributed by atoms with Crippen LogP contribution in [0, 0.1) is 88.8 Å². The van der Waals surface area contributed by atoms with Gasteiger partial charge in [-0.2, -0.15) is 0 Å². The normalized spacial score (nSPS) is 40.3. The van der Waals surface area contributed by atoms with E-state index in [0.29, 0.717) is 36.2 Å². The van der Waals surface area contributed by atoms with E-state index in [9.17, 15) is 19.8 Å². The highest BCUT2D eigenvalue weighted by molar-refractivity contribution is 5.70. The molecule has 0 heterocycles. The number of rotatable bonds is 6. The Morgan fingerprint density at radius 2 is 1.02 bits per heavy atom. The van der Waals surface area contributed by atoms with Gasteiger partial charge in [-0.3, -0.25) is 4.79 Å². The van der Waals surface area contributed by atoms with Crippen LogP contribution in [0.3, 0.4) is 0 Å². The van der Waals surface area contributed by atoms with Crippen LogP contribution in [-0.2, 0) is 9.59 Å². The van der Waals surface area contributed by atoms with Crippen LogP contribution >= 0.6 is 0 Å². The Balaban J connectivity index is 0.000000166. The number of fused-ring (bicyclic) bond motifs is 3. The standard InChI is InChI=1S/C15H24O2.C15H26O.C15H24O/c1-9-4-6-12-10(2)5-7-13(14(12)8-9)11(3)15(16)17;2*1-10-4-6-13-11(2)5-7-14(12(3)9-16)15(13)8-10/h8,10-14H,4-7H2,1-3H3,(H,16,17);8,11-16H,4-7,9H2,1-3H3;8-9,11-15H,4-7H2,1-3H3/t10-,11?,12+,13-,14+;2*11-,12?,13+,14-,15+/m111/s1. The van der Waals surface area contributed by atoms with Crippen LogP contribution in [-0.4, -0.2) is 29.1 Å². The van der Waals surface area contributed by atoms with Gasteiger partial charge in [0.1, 0.15) is 6.29 Å². The average Bonchev–Trinajstić information content (AvgIpc) is 3.08. The fourth-order valence-corrected chi connectivity index (χ4v) is 11.5. The van der Waals surface area contributed by atoms with E-state index in [2.05, 4.69) is 73.6 Å². The van der Waals surface area contributed by atoms with E-state index < -0.39 is 5.97 Å². The lowest BCUT2D eigenvalue weighted by molar-refractivity contribution is -0.144. The zero-order chi connectivity index (χ0) is 36.0. The third-order valence-corrected chi connectivity index (χ3v) is 15.0. The number of carbonyl (C=O) groups is 2. The van der Waals surface area contributed by atoms with Crippen molar-refractivity contribution in [3.05, 3.63) is 34.9 Å². The van der Waals surface area contributed by atoms with Crippen molar-refractivity contribution in [1.82, 2.24) is 0 Å². The van der Waals surface area contributed by atoms with Crippen molar-refractivity contribution in [3.63, 3.8) is 0 Å². The van der Waals surface area contributed by atoms with Crippen molar-refractivity contribution in [3.8, 4) is 0 Å². The Hall–Kier alpha value is -1.68. The lowest BCUT2D eigenvalue weighted by Gasteiger charge is -2.45. The molecule has 278 valence electrons. The first kappa shape index (κ1) is 40.1. The highest BCUT2D eigenvalue weighted by Gasteiger charge is 2.43. The van der Waals surface area contributed by atoms with Crippen molar-refractivity contribution in [1.29, 1.82) is 0 Å². The van der Waals surface area contributed by atoms with Gasteiger partial charge < -0.3 is 15.0 Å². The molecule has 0 radical (unpaired) electrons. The minimum Gasteiger partial charge on any atom is -0.481 e. The predicted molar refractivity (Wildman–Crippen MR) is 204 cm³/mol. The summed E-state index contributed by atoms with van der Waals surface area (Å²) >= 11 is 0. The van der Waals surface area contributed by atoms with Crippen molar-refractivity contribution < 1.29 is 19.8 Å². The molecular formula is C45H74O4. The van der Waals surface area contributed by atoms with Crippen molar-refractivity contribution in [2.75, 3.05) is 6.61 Å². The molecule has 0 aromatic carbocycles. The van der Waals surface area contributed by atoms with Crippen LogP contribution in [0.25, 0.3) is 0 Å². The lowest BCUT2D eigenvalue weighted by atomic mass is 9.60. The molecule has 4 heteroatoms. The molecule has 0 saturated heterocycles. The molecule has 6 rings (SSSR count). The predicted octanol–water partition coefficient (Wildman–Crippen LogP) is 11.2. The SMILES string of the molecule is CC1=C[C@H]2[C@@H](CC1)[C@H](C)CC[C@@H]2C(C)C(=O)O.CC1=C[C@H]2[C@@H](CC1)[C@H](C)CC[C@@H]2C(C)C=O.CC1=C[C@H]2[C@@H](CC1)[C@H](C)CC[C@@H]2C(C)CO. The van der Waals surface area contributed by atoms with Crippen molar-refractivity contribution >= 4 is 12.3 Å². The van der Waals surface area contributed by atoms with E-state index in [4.69, 9.17) is 0 Å². The fourth-order valence-electron chi connectivity index (χ4n) is 11.5. The minimum atomic E-state index is -0.625. The monoisotopic (exact) mass is 679 g/mol. The summed E-state index contributed by atoms with van der Waals surface area (Å²) in [6.45, 7) is 20.4. The summed E-state index contributed by atoms with van der Waals surface area (Å²) < 4.78 is 0. The van der Waals surface area contributed by atoms with E-state index in [0.717, 1.165) is 60.1 Å². The second-order valence-corrected chi connectivity index (χ2v) is 18.3. The topological polar surface area (TPSA) is 74.6 Å². The molecule has 0 amide bonds. The summed E-state index contributed by atoms with van der Waals surface area (Å²) in [6, 6.07) is 0. The van der Waals surface area contributed by atoms with Crippen LogP contribution < -0.4 is 0 Å². The lowest BCUT2D eigenvalue weighted by Crippen LogP contribution is -2.39. The number of aliphatic hydroxyl groups excluding tert-OH is 1. The summed E-state index contributed by atoms with van der Waals surface area (Å²) in [6.07, 6.45) is 23.8. The number of aliphatic hydroxyl groups is 1. The summed E-state index contributed by atoms with van der Waals surface area (Å²) in [4.78, 5) is 22.2. The molecule has 6 aliphatic rings. The number of carboxylic acids is 1. The average molecular weight is 679 g/mol. The smallest absolute Gasteiger partial charge is 0.306 e. The van der Waals surface area contributed by atoms with Gasteiger partial charge >= 0.3 is 5.97 Å².